The van der Waals surface area contributed by atoms with E-state index in [1.54, 1.807) is 0 Å². The van der Waals surface area contributed by atoms with Gasteiger partial charge in [-0.1, -0.05) is 25.0 Å². The van der Waals surface area contributed by atoms with Crippen molar-refractivity contribution in [3.8, 4) is 0 Å². The summed E-state index contributed by atoms with van der Waals surface area (Å²) in [4.78, 5) is 11.5. The highest BCUT2D eigenvalue weighted by Crippen LogP contribution is 2.23. The molecule has 22 heavy (non-hydrogen) atoms. The van der Waals surface area contributed by atoms with Crippen LogP contribution in [-0.2, 0) is 0 Å². The first-order chi connectivity index (χ1) is 10.7. The van der Waals surface area contributed by atoms with Gasteiger partial charge in [0.2, 0.25) is 5.95 Å². The summed E-state index contributed by atoms with van der Waals surface area (Å²) < 4.78 is 0. The molecule has 2 aromatic rings. The summed E-state index contributed by atoms with van der Waals surface area (Å²) in [7, 11) is 0. The third-order valence-corrected chi connectivity index (χ3v) is 4.42. The van der Waals surface area contributed by atoms with Gasteiger partial charge in [0.1, 0.15) is 5.82 Å². The molecule has 4 heteroatoms. The van der Waals surface area contributed by atoms with E-state index in [4.69, 9.17) is 4.98 Å². The average Bonchev–Trinajstić information content (AvgIpc) is 2.81. The van der Waals surface area contributed by atoms with Gasteiger partial charge in [0.15, 0.2) is 0 Å². The van der Waals surface area contributed by atoms with Crippen molar-refractivity contribution in [1.29, 1.82) is 0 Å². The molecular formula is C18H24N4. The molecule has 0 saturated carbocycles. The third-order valence-electron chi connectivity index (χ3n) is 4.42. The normalized spacial score (nSPS) is 15.5. The molecule has 2 heterocycles. The van der Waals surface area contributed by atoms with Crippen molar-refractivity contribution >= 4 is 17.5 Å². The van der Waals surface area contributed by atoms with Crippen molar-refractivity contribution in [3.05, 3.63) is 41.6 Å². The highest BCUT2D eigenvalue weighted by atomic mass is 15.2. The van der Waals surface area contributed by atoms with E-state index in [9.17, 15) is 0 Å². The lowest BCUT2D eigenvalue weighted by Gasteiger charge is -2.21. The monoisotopic (exact) mass is 296 g/mol. The summed E-state index contributed by atoms with van der Waals surface area (Å²) in [6.45, 7) is 6.44. The Kier molecular flexibility index (Phi) is 4.56. The van der Waals surface area contributed by atoms with Crippen LogP contribution in [0.5, 0.6) is 0 Å². The molecule has 1 aromatic carbocycles. The second kappa shape index (κ2) is 6.77. The topological polar surface area (TPSA) is 41.1 Å². The van der Waals surface area contributed by atoms with Gasteiger partial charge >= 0.3 is 0 Å². The zero-order valence-corrected chi connectivity index (χ0v) is 13.5. The Bertz CT molecular complexity index is 631. The molecule has 0 spiro atoms. The largest absolute Gasteiger partial charge is 0.356 e. The van der Waals surface area contributed by atoms with Gasteiger partial charge in [-0.2, -0.15) is 4.98 Å². The Morgan fingerprint density at radius 3 is 2.55 bits per heavy atom. The van der Waals surface area contributed by atoms with E-state index in [0.29, 0.717) is 5.95 Å². The summed E-state index contributed by atoms with van der Waals surface area (Å²) in [6.07, 6.45) is 7.01. The van der Waals surface area contributed by atoms with E-state index in [1.165, 1.54) is 36.8 Å². The Morgan fingerprint density at radius 2 is 1.77 bits per heavy atom. The highest BCUT2D eigenvalue weighted by molar-refractivity contribution is 5.61. The molecule has 1 aliphatic heterocycles. The maximum absolute atomic E-state index is 4.71. The van der Waals surface area contributed by atoms with E-state index in [0.717, 1.165) is 24.6 Å². The van der Waals surface area contributed by atoms with Gasteiger partial charge in [0.05, 0.1) is 0 Å². The standard InChI is InChI=1S/C18H24N4/c1-14-8-7-9-16(15(14)2)20-18-19-11-10-17(21-18)22-12-5-3-4-6-13-22/h7-11H,3-6,12-13H2,1-2H3,(H,19,20,21). The Balaban J connectivity index is 1.80. The molecule has 0 bridgehead atoms. The second-order valence-electron chi connectivity index (χ2n) is 6.01. The molecule has 1 aromatic heterocycles. The number of rotatable bonds is 3. The van der Waals surface area contributed by atoms with E-state index >= 15 is 0 Å². The molecule has 0 radical (unpaired) electrons. The summed E-state index contributed by atoms with van der Waals surface area (Å²) >= 11 is 0. The number of hydrogen-bond acceptors (Lipinski definition) is 4. The van der Waals surface area contributed by atoms with Crippen LogP contribution < -0.4 is 10.2 Å². The molecular weight excluding hydrogens is 272 g/mol. The lowest BCUT2D eigenvalue weighted by molar-refractivity contribution is 0.726. The van der Waals surface area contributed by atoms with Crippen LogP contribution in [0.1, 0.15) is 36.8 Å². The van der Waals surface area contributed by atoms with Crippen LogP contribution in [0.3, 0.4) is 0 Å². The molecule has 3 rings (SSSR count). The van der Waals surface area contributed by atoms with Crippen LogP contribution in [0.25, 0.3) is 0 Å². The number of anilines is 3. The molecule has 0 unspecified atom stereocenters. The van der Waals surface area contributed by atoms with Gasteiger partial charge in [-0.15, -0.1) is 0 Å². The summed E-state index contributed by atoms with van der Waals surface area (Å²) in [5.41, 5.74) is 3.59. The molecule has 1 N–H and O–H groups in total. The van der Waals surface area contributed by atoms with Crippen LogP contribution in [0.15, 0.2) is 30.5 Å². The minimum absolute atomic E-state index is 0.676. The van der Waals surface area contributed by atoms with Crippen LogP contribution in [0.4, 0.5) is 17.5 Å². The minimum Gasteiger partial charge on any atom is -0.356 e. The van der Waals surface area contributed by atoms with Crippen LogP contribution in [0, 0.1) is 13.8 Å². The van der Waals surface area contributed by atoms with Crippen molar-refractivity contribution in [1.82, 2.24) is 9.97 Å². The fourth-order valence-electron chi connectivity index (χ4n) is 2.89. The number of benzene rings is 1. The Labute approximate surface area is 132 Å². The minimum atomic E-state index is 0.676. The second-order valence-corrected chi connectivity index (χ2v) is 6.01. The average molecular weight is 296 g/mol. The molecule has 4 nitrogen and oxygen atoms in total. The van der Waals surface area contributed by atoms with Crippen LogP contribution in [-0.4, -0.2) is 23.1 Å². The highest BCUT2D eigenvalue weighted by Gasteiger charge is 2.12. The third kappa shape index (κ3) is 3.38. The lowest BCUT2D eigenvalue weighted by Crippen LogP contribution is -2.25. The number of aryl methyl sites for hydroxylation is 1. The van der Waals surface area contributed by atoms with E-state index in [2.05, 4.69) is 47.2 Å². The van der Waals surface area contributed by atoms with Crippen molar-refractivity contribution in [2.45, 2.75) is 39.5 Å². The van der Waals surface area contributed by atoms with Gasteiger partial charge in [-0.25, -0.2) is 4.98 Å². The molecule has 1 aliphatic rings. The maximum atomic E-state index is 4.71. The van der Waals surface area contributed by atoms with Gasteiger partial charge in [0.25, 0.3) is 0 Å². The lowest BCUT2D eigenvalue weighted by atomic mass is 10.1. The number of nitrogens with zero attached hydrogens (tertiary/aromatic N) is 3. The first kappa shape index (κ1) is 14.8. The zero-order valence-electron chi connectivity index (χ0n) is 13.5. The number of nitrogens with one attached hydrogen (secondary N) is 1. The fourth-order valence-corrected chi connectivity index (χ4v) is 2.89. The first-order valence-corrected chi connectivity index (χ1v) is 8.15. The predicted octanol–water partition coefficient (Wildman–Crippen LogP) is 4.22. The fraction of sp³-hybridized carbons (Fsp3) is 0.444. The predicted molar refractivity (Wildman–Crippen MR) is 91.9 cm³/mol. The number of aromatic nitrogens is 2. The first-order valence-electron chi connectivity index (χ1n) is 8.15. The van der Waals surface area contributed by atoms with Crippen molar-refractivity contribution < 1.29 is 0 Å². The molecule has 0 atom stereocenters. The van der Waals surface area contributed by atoms with Gasteiger partial charge in [-0.3, -0.25) is 0 Å². The summed E-state index contributed by atoms with van der Waals surface area (Å²) in [6, 6.07) is 8.27. The van der Waals surface area contributed by atoms with Gasteiger partial charge in [-0.05, 0) is 49.9 Å². The SMILES string of the molecule is Cc1cccc(Nc2nccc(N3CCCCCC3)n2)c1C. The molecule has 116 valence electrons. The molecule has 0 aliphatic carbocycles. The Morgan fingerprint density at radius 1 is 1.00 bits per heavy atom. The maximum Gasteiger partial charge on any atom is 0.229 e. The van der Waals surface area contributed by atoms with E-state index < -0.39 is 0 Å². The number of hydrogen-bond donors (Lipinski definition) is 1. The van der Waals surface area contributed by atoms with Gasteiger partial charge in [0, 0.05) is 25.0 Å². The van der Waals surface area contributed by atoms with Crippen LogP contribution >= 0.6 is 0 Å². The van der Waals surface area contributed by atoms with E-state index in [-0.39, 0.29) is 0 Å². The molecule has 1 fully saturated rings. The quantitative estimate of drug-likeness (QED) is 0.921. The van der Waals surface area contributed by atoms with Crippen molar-refractivity contribution in [3.63, 3.8) is 0 Å². The smallest absolute Gasteiger partial charge is 0.229 e. The molecule has 0 amide bonds. The summed E-state index contributed by atoms with van der Waals surface area (Å²) in [5.74, 6) is 1.71. The van der Waals surface area contributed by atoms with Crippen molar-refractivity contribution in [2.24, 2.45) is 0 Å². The van der Waals surface area contributed by atoms with Crippen LogP contribution in [0.2, 0.25) is 0 Å². The van der Waals surface area contributed by atoms with E-state index in [1.807, 2.05) is 12.3 Å². The Hall–Kier alpha value is -2.10. The zero-order chi connectivity index (χ0) is 15.4. The molecule has 1 saturated heterocycles. The van der Waals surface area contributed by atoms with Crippen molar-refractivity contribution in [2.75, 3.05) is 23.3 Å². The summed E-state index contributed by atoms with van der Waals surface area (Å²) in [5, 5.41) is 3.36. The van der Waals surface area contributed by atoms with Gasteiger partial charge < -0.3 is 10.2 Å².